The van der Waals surface area contributed by atoms with Gasteiger partial charge in [-0.15, -0.1) is 0 Å². The molecule has 0 saturated carbocycles. The number of carbonyl (C=O) groups excluding carboxylic acids is 1. The molecule has 0 bridgehead atoms. The number of benzene rings is 1. The van der Waals surface area contributed by atoms with Gasteiger partial charge in [0, 0.05) is 43.3 Å². The van der Waals surface area contributed by atoms with Crippen molar-refractivity contribution in [2.24, 2.45) is 0 Å². The summed E-state index contributed by atoms with van der Waals surface area (Å²) in [5.41, 5.74) is 1.12. The highest BCUT2D eigenvalue weighted by atomic mass is 19.4. The van der Waals surface area contributed by atoms with Crippen molar-refractivity contribution in [2.45, 2.75) is 75.7 Å². The van der Waals surface area contributed by atoms with Crippen LogP contribution in [-0.4, -0.2) is 63.6 Å². The zero-order chi connectivity index (χ0) is 26.5. The number of aliphatic hydroxyl groups is 1. The quantitative estimate of drug-likeness (QED) is 0.638. The van der Waals surface area contributed by atoms with Crippen LogP contribution >= 0.6 is 0 Å². The van der Waals surface area contributed by atoms with E-state index in [1.165, 1.54) is 12.4 Å². The monoisotopic (exact) mass is 517 g/mol. The predicted molar refractivity (Wildman–Crippen MR) is 133 cm³/mol. The van der Waals surface area contributed by atoms with E-state index in [9.17, 15) is 23.1 Å². The van der Waals surface area contributed by atoms with E-state index >= 15 is 0 Å². The summed E-state index contributed by atoms with van der Waals surface area (Å²) in [6.45, 7) is 8.15. The number of hydrogen-bond acceptors (Lipinski definition) is 6. The minimum absolute atomic E-state index is 0.142. The van der Waals surface area contributed by atoms with Gasteiger partial charge < -0.3 is 20.2 Å². The summed E-state index contributed by atoms with van der Waals surface area (Å²) < 4.78 is 40.5. The van der Waals surface area contributed by atoms with Crippen LogP contribution in [0, 0.1) is 0 Å². The van der Waals surface area contributed by atoms with Crippen LogP contribution in [0.1, 0.15) is 80.4 Å². The molecule has 2 saturated heterocycles. The van der Waals surface area contributed by atoms with Crippen LogP contribution in [0.25, 0.3) is 0 Å². The maximum absolute atomic E-state index is 13.9. The third-order valence-corrected chi connectivity index (χ3v) is 8.07. The Morgan fingerprint density at radius 2 is 1.92 bits per heavy atom. The number of amides is 1. The number of nitrogens with zero attached hydrogens (tertiary/aromatic N) is 4. The average Bonchev–Trinajstić information content (AvgIpc) is 3.36. The predicted octanol–water partition coefficient (Wildman–Crippen LogP) is 4.00. The third-order valence-electron chi connectivity index (χ3n) is 8.07. The lowest BCUT2D eigenvalue weighted by molar-refractivity contribution is -0.138. The number of rotatable bonds is 4. The van der Waals surface area contributed by atoms with Crippen LogP contribution < -0.4 is 10.2 Å². The Bertz CT molecular complexity index is 1160. The van der Waals surface area contributed by atoms with Crippen molar-refractivity contribution in [3.8, 4) is 0 Å². The Hall–Kier alpha value is -2.72. The normalized spacial score (nSPS) is 26.3. The van der Waals surface area contributed by atoms with Crippen molar-refractivity contribution in [3.05, 3.63) is 53.0 Å². The molecular weight excluding hydrogens is 483 g/mol. The van der Waals surface area contributed by atoms with Crippen LogP contribution in [0.4, 0.5) is 19.0 Å². The minimum Gasteiger partial charge on any atom is -0.387 e. The molecule has 1 aliphatic carbocycles. The van der Waals surface area contributed by atoms with Gasteiger partial charge in [-0.1, -0.05) is 25.1 Å². The van der Waals surface area contributed by atoms with Crippen LogP contribution in [0.2, 0.25) is 0 Å². The molecule has 2 aromatic rings. The van der Waals surface area contributed by atoms with E-state index in [1.807, 2.05) is 0 Å². The van der Waals surface area contributed by atoms with E-state index in [0.29, 0.717) is 50.3 Å². The first kappa shape index (κ1) is 25.9. The number of aromatic nitrogens is 2. The number of carbonyl (C=O) groups is 1. The van der Waals surface area contributed by atoms with Gasteiger partial charge >= 0.3 is 6.18 Å². The lowest BCUT2D eigenvalue weighted by Gasteiger charge is -2.39. The molecule has 2 aliphatic heterocycles. The second kappa shape index (κ2) is 9.54. The SMILES string of the molecule is C[C@@H]1C[C@@H](O)c2ncnc(N3CCN(C(=O)[C@@H](c4cccc(C(F)(F)F)c4)[C@@H]4CCC(C)(C)N4)CC3)c21. The van der Waals surface area contributed by atoms with Gasteiger partial charge in [0.05, 0.1) is 23.3 Å². The van der Waals surface area contributed by atoms with Crippen molar-refractivity contribution in [1.82, 2.24) is 20.2 Å². The standard InChI is InChI=1S/C27H34F3N5O2/c1-16-13-20(36)23-21(16)24(32-15-31-23)34-9-11-35(12-10-34)25(37)22(19-7-8-26(2,3)33-19)17-5-4-6-18(14-17)27(28,29)30/h4-6,14-16,19-20,22,33,36H,7-13H2,1-3H3/t16-,19+,20-,22+/m1/s1. The average molecular weight is 518 g/mol. The summed E-state index contributed by atoms with van der Waals surface area (Å²) >= 11 is 0. The minimum atomic E-state index is -4.47. The zero-order valence-electron chi connectivity index (χ0n) is 21.4. The number of alkyl halides is 3. The molecule has 200 valence electrons. The van der Waals surface area contributed by atoms with Gasteiger partial charge in [-0.25, -0.2) is 9.97 Å². The summed E-state index contributed by atoms with van der Waals surface area (Å²) in [5, 5.41) is 13.8. The van der Waals surface area contributed by atoms with Gasteiger partial charge in [0.2, 0.25) is 5.91 Å². The van der Waals surface area contributed by atoms with Crippen molar-refractivity contribution in [3.63, 3.8) is 0 Å². The molecule has 2 N–H and O–H groups in total. The highest BCUT2D eigenvalue weighted by Gasteiger charge is 2.42. The number of piperazine rings is 1. The number of hydrogen-bond donors (Lipinski definition) is 2. The topological polar surface area (TPSA) is 81.6 Å². The van der Waals surface area contributed by atoms with Crippen LogP contribution in [0.15, 0.2) is 30.6 Å². The van der Waals surface area contributed by atoms with Crippen molar-refractivity contribution in [2.75, 3.05) is 31.1 Å². The first-order chi connectivity index (χ1) is 17.4. The maximum atomic E-state index is 13.9. The molecular formula is C27H34F3N5O2. The molecule has 5 rings (SSSR count). The van der Waals surface area contributed by atoms with Crippen LogP contribution in [-0.2, 0) is 11.0 Å². The maximum Gasteiger partial charge on any atom is 0.416 e. The lowest BCUT2D eigenvalue weighted by atomic mass is 9.87. The first-order valence-corrected chi connectivity index (χ1v) is 13.0. The fourth-order valence-corrected chi connectivity index (χ4v) is 6.16. The van der Waals surface area contributed by atoms with Gasteiger partial charge in [0.25, 0.3) is 0 Å². The summed E-state index contributed by atoms with van der Waals surface area (Å²) in [6, 6.07) is 4.97. The van der Waals surface area contributed by atoms with E-state index in [0.717, 1.165) is 29.9 Å². The number of aliphatic hydroxyl groups excluding tert-OH is 1. The highest BCUT2D eigenvalue weighted by Crippen LogP contribution is 2.43. The molecule has 10 heteroatoms. The largest absolute Gasteiger partial charge is 0.416 e. The Labute approximate surface area is 215 Å². The molecule has 4 atom stereocenters. The summed E-state index contributed by atoms with van der Waals surface area (Å²) in [7, 11) is 0. The van der Waals surface area contributed by atoms with Crippen LogP contribution in [0.5, 0.6) is 0 Å². The molecule has 1 aromatic heterocycles. The first-order valence-electron chi connectivity index (χ1n) is 13.0. The smallest absolute Gasteiger partial charge is 0.387 e. The number of halogens is 3. The summed E-state index contributed by atoms with van der Waals surface area (Å²) in [4.78, 5) is 26.6. The molecule has 7 nitrogen and oxygen atoms in total. The highest BCUT2D eigenvalue weighted by molar-refractivity contribution is 5.85. The molecule has 37 heavy (non-hydrogen) atoms. The molecule has 3 aliphatic rings. The Kier molecular flexibility index (Phi) is 6.68. The molecule has 2 fully saturated rings. The number of nitrogens with one attached hydrogen (secondary N) is 1. The molecule has 0 unspecified atom stereocenters. The van der Waals surface area contributed by atoms with Gasteiger partial charge in [-0.2, -0.15) is 13.2 Å². The fourth-order valence-electron chi connectivity index (χ4n) is 6.16. The Morgan fingerprint density at radius 3 is 2.57 bits per heavy atom. The van der Waals surface area contributed by atoms with E-state index in [-0.39, 0.29) is 23.4 Å². The number of anilines is 1. The van der Waals surface area contributed by atoms with Gasteiger partial charge in [-0.3, -0.25) is 4.79 Å². The second-order valence-corrected chi connectivity index (χ2v) is 11.2. The van der Waals surface area contributed by atoms with Crippen molar-refractivity contribution in [1.29, 1.82) is 0 Å². The molecule has 0 radical (unpaired) electrons. The van der Waals surface area contributed by atoms with Gasteiger partial charge in [0.15, 0.2) is 0 Å². The van der Waals surface area contributed by atoms with Gasteiger partial charge in [0.1, 0.15) is 12.1 Å². The fraction of sp³-hybridized carbons (Fsp3) is 0.593. The third kappa shape index (κ3) is 5.05. The molecule has 0 spiro atoms. The molecule has 3 heterocycles. The van der Waals surface area contributed by atoms with E-state index < -0.39 is 23.8 Å². The summed E-state index contributed by atoms with van der Waals surface area (Å²) in [5.74, 6) is 0.0951. The van der Waals surface area contributed by atoms with E-state index in [1.54, 1.807) is 11.0 Å². The van der Waals surface area contributed by atoms with Crippen molar-refractivity contribution >= 4 is 11.7 Å². The molecule has 1 amide bonds. The Morgan fingerprint density at radius 1 is 1.19 bits per heavy atom. The Balaban J connectivity index is 1.37. The lowest BCUT2D eigenvalue weighted by Crippen LogP contribution is -2.53. The number of fused-ring (bicyclic) bond motifs is 1. The second-order valence-electron chi connectivity index (χ2n) is 11.2. The summed E-state index contributed by atoms with van der Waals surface area (Å²) in [6.07, 6.45) is -1.41. The van der Waals surface area contributed by atoms with Gasteiger partial charge in [-0.05, 0) is 50.7 Å². The molecule has 1 aromatic carbocycles. The van der Waals surface area contributed by atoms with Crippen molar-refractivity contribution < 1.29 is 23.1 Å². The van der Waals surface area contributed by atoms with Crippen LogP contribution in [0.3, 0.4) is 0 Å². The van der Waals surface area contributed by atoms with E-state index in [4.69, 9.17) is 0 Å². The van der Waals surface area contributed by atoms with E-state index in [2.05, 4.69) is 41.0 Å². The zero-order valence-corrected chi connectivity index (χ0v) is 21.4.